The maximum Gasteiger partial charge on any atom is 0.410 e. The fourth-order valence-corrected chi connectivity index (χ4v) is 1.87. The number of carbonyl (C=O) groups excluding carboxylic acids is 1. The highest BCUT2D eigenvalue weighted by Gasteiger charge is 2.31. The van der Waals surface area contributed by atoms with Gasteiger partial charge in [0.1, 0.15) is 11.8 Å². The number of amides is 1. The fourth-order valence-electron chi connectivity index (χ4n) is 1.87. The number of hydrogen-bond acceptors (Lipinski definition) is 3. The Kier molecular flexibility index (Phi) is 4.74. The predicted molar refractivity (Wildman–Crippen MR) is 64.8 cm³/mol. The number of nitrogens with zero attached hydrogens (tertiary/aromatic N) is 1. The van der Waals surface area contributed by atoms with Crippen LogP contribution < -0.4 is 5.32 Å². The molecule has 1 heterocycles. The number of nitrogens with one attached hydrogen (secondary N) is 1. The number of halogens is 1. The van der Waals surface area contributed by atoms with Crippen LogP contribution in [0.3, 0.4) is 0 Å². The Bertz CT molecular complexity index is 258. The summed E-state index contributed by atoms with van der Waals surface area (Å²) in [7, 11) is 0. The molecule has 17 heavy (non-hydrogen) atoms. The molecule has 0 saturated carbocycles. The van der Waals surface area contributed by atoms with Crippen LogP contribution >= 0.6 is 0 Å². The summed E-state index contributed by atoms with van der Waals surface area (Å²) in [5.74, 6) is 0. The Morgan fingerprint density at radius 2 is 2.24 bits per heavy atom. The smallest absolute Gasteiger partial charge is 0.410 e. The minimum absolute atomic E-state index is 0.0445. The predicted octanol–water partition coefficient (Wildman–Crippen LogP) is 1.94. The van der Waals surface area contributed by atoms with Gasteiger partial charge in [0, 0.05) is 12.6 Å². The van der Waals surface area contributed by atoms with Gasteiger partial charge in [-0.05, 0) is 40.7 Å². The SMILES string of the molecule is CC(F)CN(C(=O)OC(C)(C)C)C1CCNC1. The first-order valence-corrected chi connectivity index (χ1v) is 6.14. The summed E-state index contributed by atoms with van der Waals surface area (Å²) in [6.07, 6.45) is -0.606. The number of ether oxygens (including phenoxy) is 1. The van der Waals surface area contributed by atoms with Crippen LogP contribution in [0.5, 0.6) is 0 Å². The molecule has 0 radical (unpaired) electrons. The van der Waals surface area contributed by atoms with Crippen LogP contribution in [0.4, 0.5) is 9.18 Å². The summed E-state index contributed by atoms with van der Waals surface area (Å²) in [4.78, 5) is 13.5. The molecule has 1 saturated heterocycles. The van der Waals surface area contributed by atoms with Crippen LogP contribution in [0.1, 0.15) is 34.1 Å². The van der Waals surface area contributed by atoms with Gasteiger partial charge in [0.05, 0.1) is 6.54 Å². The van der Waals surface area contributed by atoms with Crippen molar-refractivity contribution in [1.29, 1.82) is 0 Å². The molecule has 1 fully saturated rings. The lowest BCUT2D eigenvalue weighted by molar-refractivity contribution is 0.0130. The molecule has 0 aromatic heterocycles. The van der Waals surface area contributed by atoms with Crippen LogP contribution in [-0.4, -0.2) is 48.4 Å². The van der Waals surface area contributed by atoms with E-state index in [2.05, 4.69) is 5.32 Å². The lowest BCUT2D eigenvalue weighted by Gasteiger charge is -2.31. The molecular weight excluding hydrogens is 223 g/mol. The van der Waals surface area contributed by atoms with Crippen LogP contribution in [0, 0.1) is 0 Å². The standard InChI is InChI=1S/C12H23FN2O2/c1-9(13)8-15(10-5-6-14-7-10)11(16)17-12(2,3)4/h9-10,14H,5-8H2,1-4H3. The van der Waals surface area contributed by atoms with Gasteiger partial charge in [-0.3, -0.25) is 0 Å². The number of alkyl halides is 1. The normalized spacial score (nSPS) is 22.3. The number of carbonyl (C=O) groups is 1. The molecule has 4 nitrogen and oxygen atoms in total. The molecule has 5 heteroatoms. The summed E-state index contributed by atoms with van der Waals surface area (Å²) >= 11 is 0. The molecule has 0 aromatic carbocycles. The van der Waals surface area contributed by atoms with Gasteiger partial charge < -0.3 is 15.0 Å². The van der Waals surface area contributed by atoms with E-state index in [1.165, 1.54) is 11.8 Å². The maximum absolute atomic E-state index is 13.1. The van der Waals surface area contributed by atoms with Crippen molar-refractivity contribution in [1.82, 2.24) is 10.2 Å². The average Bonchev–Trinajstić information content (AvgIpc) is 2.63. The van der Waals surface area contributed by atoms with E-state index in [4.69, 9.17) is 4.74 Å². The highest BCUT2D eigenvalue weighted by molar-refractivity contribution is 5.68. The van der Waals surface area contributed by atoms with E-state index in [9.17, 15) is 9.18 Å². The Balaban J connectivity index is 2.64. The van der Waals surface area contributed by atoms with Crippen molar-refractivity contribution in [3.63, 3.8) is 0 Å². The molecule has 2 unspecified atom stereocenters. The maximum atomic E-state index is 13.1. The molecule has 1 aliphatic heterocycles. The van der Waals surface area contributed by atoms with Gasteiger partial charge >= 0.3 is 6.09 Å². The average molecular weight is 246 g/mol. The Morgan fingerprint density at radius 3 is 2.65 bits per heavy atom. The van der Waals surface area contributed by atoms with Crippen LogP contribution in [0.2, 0.25) is 0 Å². The first-order valence-electron chi connectivity index (χ1n) is 6.14. The molecular formula is C12H23FN2O2. The monoisotopic (exact) mass is 246 g/mol. The number of rotatable bonds is 3. The van der Waals surface area contributed by atoms with Gasteiger partial charge in [-0.25, -0.2) is 9.18 Å². The molecule has 1 aliphatic rings. The molecule has 2 atom stereocenters. The van der Waals surface area contributed by atoms with E-state index in [1.807, 2.05) is 20.8 Å². The van der Waals surface area contributed by atoms with Gasteiger partial charge in [-0.1, -0.05) is 0 Å². The zero-order chi connectivity index (χ0) is 13.1. The summed E-state index contributed by atoms with van der Waals surface area (Å²) in [6.45, 7) is 8.58. The third-order valence-corrected chi connectivity index (χ3v) is 2.55. The van der Waals surface area contributed by atoms with E-state index >= 15 is 0 Å². The van der Waals surface area contributed by atoms with Crippen molar-refractivity contribution >= 4 is 6.09 Å². The molecule has 0 aromatic rings. The van der Waals surface area contributed by atoms with Crippen LogP contribution in [0.15, 0.2) is 0 Å². The quantitative estimate of drug-likeness (QED) is 0.827. The minimum atomic E-state index is -1.04. The largest absolute Gasteiger partial charge is 0.444 e. The van der Waals surface area contributed by atoms with E-state index in [0.29, 0.717) is 6.54 Å². The molecule has 0 aliphatic carbocycles. The second kappa shape index (κ2) is 5.67. The molecule has 1 amide bonds. The van der Waals surface area contributed by atoms with Crippen molar-refractivity contribution in [2.75, 3.05) is 19.6 Å². The van der Waals surface area contributed by atoms with Crippen molar-refractivity contribution in [3.05, 3.63) is 0 Å². The summed E-state index contributed by atoms with van der Waals surface area (Å²) < 4.78 is 18.4. The first kappa shape index (κ1) is 14.2. The molecule has 1 N–H and O–H groups in total. The molecule has 0 bridgehead atoms. The Labute approximate surface area is 102 Å². The van der Waals surface area contributed by atoms with Gasteiger partial charge in [0.2, 0.25) is 0 Å². The van der Waals surface area contributed by atoms with Crippen molar-refractivity contribution in [2.24, 2.45) is 0 Å². The van der Waals surface area contributed by atoms with E-state index in [0.717, 1.165) is 13.0 Å². The second-order valence-corrected chi connectivity index (χ2v) is 5.56. The van der Waals surface area contributed by atoms with E-state index in [1.54, 1.807) is 0 Å². The highest BCUT2D eigenvalue weighted by Crippen LogP contribution is 2.16. The molecule has 0 spiro atoms. The lowest BCUT2D eigenvalue weighted by atomic mass is 10.2. The Hall–Kier alpha value is -0.840. The Morgan fingerprint density at radius 1 is 1.59 bits per heavy atom. The topological polar surface area (TPSA) is 41.6 Å². The molecule has 100 valence electrons. The van der Waals surface area contributed by atoms with Crippen molar-refractivity contribution in [3.8, 4) is 0 Å². The summed E-state index contributed by atoms with van der Waals surface area (Å²) in [5.41, 5.74) is -0.541. The first-order chi connectivity index (χ1) is 7.79. The van der Waals surface area contributed by atoms with E-state index in [-0.39, 0.29) is 12.6 Å². The molecule has 1 rings (SSSR count). The third-order valence-electron chi connectivity index (χ3n) is 2.55. The third kappa shape index (κ3) is 4.89. The second-order valence-electron chi connectivity index (χ2n) is 5.56. The van der Waals surface area contributed by atoms with Gasteiger partial charge in [0.15, 0.2) is 0 Å². The lowest BCUT2D eigenvalue weighted by Crippen LogP contribution is -2.46. The fraction of sp³-hybridized carbons (Fsp3) is 0.917. The van der Waals surface area contributed by atoms with Gasteiger partial charge in [-0.2, -0.15) is 0 Å². The van der Waals surface area contributed by atoms with Crippen molar-refractivity contribution in [2.45, 2.75) is 51.9 Å². The zero-order valence-electron chi connectivity index (χ0n) is 11.1. The van der Waals surface area contributed by atoms with Crippen LogP contribution in [0.25, 0.3) is 0 Å². The minimum Gasteiger partial charge on any atom is -0.444 e. The van der Waals surface area contributed by atoms with Crippen LogP contribution in [-0.2, 0) is 4.74 Å². The van der Waals surface area contributed by atoms with Crippen molar-refractivity contribution < 1.29 is 13.9 Å². The number of hydrogen-bond donors (Lipinski definition) is 1. The van der Waals surface area contributed by atoms with E-state index < -0.39 is 17.9 Å². The summed E-state index contributed by atoms with van der Waals surface area (Å²) in [5, 5.41) is 3.17. The van der Waals surface area contributed by atoms with Gasteiger partial charge in [-0.15, -0.1) is 0 Å². The zero-order valence-corrected chi connectivity index (χ0v) is 11.1. The highest BCUT2D eigenvalue weighted by atomic mass is 19.1. The summed E-state index contributed by atoms with van der Waals surface area (Å²) in [6, 6.07) is 0.0445. The van der Waals surface area contributed by atoms with Gasteiger partial charge in [0.25, 0.3) is 0 Å².